The van der Waals surface area contributed by atoms with E-state index in [4.69, 9.17) is 0 Å². The van der Waals surface area contributed by atoms with Gasteiger partial charge >= 0.3 is 0 Å². The molecular weight excluding hydrogens is 240 g/mol. The van der Waals surface area contributed by atoms with Gasteiger partial charge in [0.2, 0.25) is 0 Å². The van der Waals surface area contributed by atoms with Gasteiger partial charge in [-0.05, 0) is 27.2 Å². The number of unbranched alkanes of at least 4 members (excludes halogenated alkanes) is 2. The fraction of sp³-hybridized carbons (Fsp3) is 0.667. The van der Waals surface area contributed by atoms with Crippen LogP contribution in [0, 0.1) is 13.8 Å². The van der Waals surface area contributed by atoms with Gasteiger partial charge in [0.25, 0.3) is 0 Å². The van der Waals surface area contributed by atoms with E-state index in [1.165, 1.54) is 0 Å². The smallest absolute Gasteiger partial charge is 0.173 e. The molecular formula is C15H24N2O2. The summed E-state index contributed by atoms with van der Waals surface area (Å²) in [5.41, 5.74) is 2.22. The van der Waals surface area contributed by atoms with E-state index in [2.05, 4.69) is 12.0 Å². The van der Waals surface area contributed by atoms with Crippen molar-refractivity contribution in [1.29, 1.82) is 0 Å². The number of ketones is 2. The highest BCUT2D eigenvalue weighted by atomic mass is 16.1. The summed E-state index contributed by atoms with van der Waals surface area (Å²) in [5, 5.41) is 4.32. The molecule has 0 saturated carbocycles. The zero-order valence-electron chi connectivity index (χ0n) is 12.5. The lowest BCUT2D eigenvalue weighted by molar-refractivity contribution is -0.118. The molecule has 0 atom stereocenters. The summed E-state index contributed by atoms with van der Waals surface area (Å²) in [4.78, 5) is 23.9. The van der Waals surface area contributed by atoms with Crippen LogP contribution in [0.4, 0.5) is 0 Å². The highest BCUT2D eigenvalue weighted by Gasteiger charge is 2.20. The van der Waals surface area contributed by atoms with Crippen LogP contribution in [0.3, 0.4) is 0 Å². The Morgan fingerprint density at radius 2 is 1.84 bits per heavy atom. The van der Waals surface area contributed by atoms with E-state index in [0.717, 1.165) is 37.2 Å². The number of rotatable bonds is 8. The predicted octanol–water partition coefficient (Wildman–Crippen LogP) is 3.24. The molecule has 106 valence electrons. The minimum Gasteiger partial charge on any atom is -0.299 e. The van der Waals surface area contributed by atoms with Crippen LogP contribution in [0.15, 0.2) is 0 Å². The Bertz CT molecular complexity index is 461. The first kappa shape index (κ1) is 15.6. The van der Waals surface area contributed by atoms with Gasteiger partial charge in [0.1, 0.15) is 5.78 Å². The number of hydrogen-bond acceptors (Lipinski definition) is 3. The summed E-state index contributed by atoms with van der Waals surface area (Å²) >= 11 is 0. The minimum absolute atomic E-state index is 0.0147. The quantitative estimate of drug-likeness (QED) is 0.411. The Balaban J connectivity index is 2.68. The molecule has 0 amide bonds. The molecule has 4 heteroatoms. The first-order valence-corrected chi connectivity index (χ1v) is 7.10. The highest BCUT2D eigenvalue weighted by Crippen LogP contribution is 2.16. The number of aromatic nitrogens is 2. The summed E-state index contributed by atoms with van der Waals surface area (Å²) in [6.45, 7) is 8.54. The zero-order valence-corrected chi connectivity index (χ0v) is 12.5. The molecule has 0 bridgehead atoms. The highest BCUT2D eigenvalue weighted by molar-refractivity contribution is 6.09. The number of carbonyl (C=O) groups excluding carboxylic acids is 2. The lowest BCUT2D eigenvalue weighted by Gasteiger charge is -2.02. The average Bonchev–Trinajstić information content (AvgIpc) is 2.64. The maximum atomic E-state index is 12.2. The van der Waals surface area contributed by atoms with Crippen LogP contribution in [0.1, 0.15) is 67.7 Å². The van der Waals surface area contributed by atoms with Gasteiger partial charge in [0.15, 0.2) is 5.78 Å². The van der Waals surface area contributed by atoms with Gasteiger partial charge in [-0.15, -0.1) is 0 Å². The maximum Gasteiger partial charge on any atom is 0.173 e. The average molecular weight is 264 g/mol. The topological polar surface area (TPSA) is 52.0 Å². The van der Waals surface area contributed by atoms with Crippen molar-refractivity contribution in [3.63, 3.8) is 0 Å². The zero-order chi connectivity index (χ0) is 14.4. The normalized spacial score (nSPS) is 10.7. The van der Waals surface area contributed by atoms with E-state index in [1.54, 1.807) is 0 Å². The molecule has 0 aliphatic rings. The van der Waals surface area contributed by atoms with E-state index in [1.807, 2.05) is 25.5 Å². The number of nitrogens with zero attached hydrogens (tertiary/aromatic N) is 2. The molecule has 0 saturated heterocycles. The molecule has 0 aliphatic heterocycles. The molecule has 0 radical (unpaired) electrons. The van der Waals surface area contributed by atoms with Gasteiger partial charge in [-0.1, -0.05) is 19.8 Å². The van der Waals surface area contributed by atoms with Crippen molar-refractivity contribution in [2.24, 2.45) is 0 Å². The van der Waals surface area contributed by atoms with E-state index >= 15 is 0 Å². The SMILES string of the molecule is CCCCCC(=O)CC(=O)c1c(C)nn(CC)c1C. The van der Waals surface area contributed by atoms with Crippen LogP contribution in [0.25, 0.3) is 0 Å². The molecule has 0 unspecified atom stereocenters. The fourth-order valence-corrected chi connectivity index (χ4v) is 2.34. The molecule has 0 aliphatic carbocycles. The van der Waals surface area contributed by atoms with Crippen molar-refractivity contribution in [2.45, 2.75) is 66.3 Å². The van der Waals surface area contributed by atoms with Gasteiger partial charge in [0.05, 0.1) is 17.7 Å². The van der Waals surface area contributed by atoms with Crippen LogP contribution in [0.5, 0.6) is 0 Å². The predicted molar refractivity (Wildman–Crippen MR) is 75.5 cm³/mol. The first-order valence-electron chi connectivity index (χ1n) is 7.10. The van der Waals surface area contributed by atoms with Crippen molar-refractivity contribution in [2.75, 3.05) is 0 Å². The van der Waals surface area contributed by atoms with Gasteiger partial charge < -0.3 is 0 Å². The van der Waals surface area contributed by atoms with Gasteiger partial charge in [-0.25, -0.2) is 0 Å². The second kappa shape index (κ2) is 7.22. The van der Waals surface area contributed by atoms with E-state index in [0.29, 0.717) is 12.0 Å². The third-order valence-corrected chi connectivity index (χ3v) is 3.38. The van der Waals surface area contributed by atoms with Crippen molar-refractivity contribution < 1.29 is 9.59 Å². The van der Waals surface area contributed by atoms with Crippen molar-refractivity contribution in [3.8, 4) is 0 Å². The molecule has 1 aromatic rings. The third-order valence-electron chi connectivity index (χ3n) is 3.38. The Kier molecular flexibility index (Phi) is 5.93. The number of carbonyl (C=O) groups is 2. The molecule has 1 heterocycles. The van der Waals surface area contributed by atoms with Gasteiger partial charge in [0, 0.05) is 18.7 Å². The first-order chi connectivity index (χ1) is 9.01. The van der Waals surface area contributed by atoms with Crippen molar-refractivity contribution >= 4 is 11.6 Å². The molecule has 4 nitrogen and oxygen atoms in total. The lowest BCUT2D eigenvalue weighted by Crippen LogP contribution is -2.10. The van der Waals surface area contributed by atoms with Gasteiger partial charge in [-0.2, -0.15) is 5.10 Å². The molecule has 1 rings (SSSR count). The number of Topliss-reactive ketones (excluding diaryl/α,β-unsaturated/α-hetero) is 2. The molecule has 0 spiro atoms. The molecule has 0 aromatic carbocycles. The second-order valence-corrected chi connectivity index (χ2v) is 4.96. The summed E-state index contributed by atoms with van der Waals surface area (Å²) < 4.78 is 1.81. The Morgan fingerprint density at radius 1 is 1.16 bits per heavy atom. The molecule has 1 aromatic heterocycles. The summed E-state index contributed by atoms with van der Waals surface area (Å²) in [6.07, 6.45) is 3.55. The minimum atomic E-state index is -0.0869. The van der Waals surface area contributed by atoms with Crippen LogP contribution in [-0.2, 0) is 11.3 Å². The Morgan fingerprint density at radius 3 is 2.37 bits per heavy atom. The molecule has 0 fully saturated rings. The van der Waals surface area contributed by atoms with E-state index < -0.39 is 0 Å². The van der Waals surface area contributed by atoms with Gasteiger partial charge in [-0.3, -0.25) is 14.3 Å². The fourth-order valence-electron chi connectivity index (χ4n) is 2.34. The van der Waals surface area contributed by atoms with Crippen LogP contribution in [0.2, 0.25) is 0 Å². The maximum absolute atomic E-state index is 12.2. The van der Waals surface area contributed by atoms with E-state index in [9.17, 15) is 9.59 Å². The number of hydrogen-bond donors (Lipinski definition) is 0. The number of aryl methyl sites for hydroxylation is 2. The van der Waals surface area contributed by atoms with Crippen LogP contribution < -0.4 is 0 Å². The monoisotopic (exact) mass is 264 g/mol. The lowest BCUT2D eigenvalue weighted by atomic mass is 10.0. The molecule has 0 N–H and O–H groups in total. The Hall–Kier alpha value is -1.45. The largest absolute Gasteiger partial charge is 0.299 e. The summed E-state index contributed by atoms with van der Waals surface area (Å²) in [6, 6.07) is 0. The second-order valence-electron chi connectivity index (χ2n) is 4.96. The summed E-state index contributed by atoms with van der Waals surface area (Å²) in [5.74, 6) is -0.0438. The van der Waals surface area contributed by atoms with Crippen molar-refractivity contribution in [3.05, 3.63) is 17.0 Å². The van der Waals surface area contributed by atoms with Crippen molar-refractivity contribution in [1.82, 2.24) is 9.78 Å². The van der Waals surface area contributed by atoms with Crippen LogP contribution >= 0.6 is 0 Å². The Labute approximate surface area is 115 Å². The molecule has 19 heavy (non-hydrogen) atoms. The van der Waals surface area contributed by atoms with Crippen LogP contribution in [-0.4, -0.2) is 21.3 Å². The standard InChI is InChI=1S/C15H24N2O2/c1-5-7-8-9-13(18)10-14(19)15-11(3)16-17(6-2)12(15)4/h5-10H2,1-4H3. The summed E-state index contributed by atoms with van der Waals surface area (Å²) in [7, 11) is 0. The van der Waals surface area contributed by atoms with E-state index in [-0.39, 0.29) is 18.0 Å². The third kappa shape index (κ3) is 4.01.